The SMILES string of the molecule is COC(=O)C1C2C3(CCC(O)C2(C)C(=O)O3)C2CCC3CC12CC3(C)O. The molecule has 9 unspecified atom stereocenters. The number of carbonyl (C=O) groups is 2. The van der Waals surface area contributed by atoms with Crippen LogP contribution < -0.4 is 0 Å². The zero-order valence-corrected chi connectivity index (χ0v) is 15.7. The Morgan fingerprint density at radius 1 is 1.27 bits per heavy atom. The molecule has 1 heterocycles. The number of methoxy groups -OCH3 is 1. The summed E-state index contributed by atoms with van der Waals surface area (Å²) in [6, 6.07) is 0. The van der Waals surface area contributed by atoms with Crippen molar-refractivity contribution in [1.82, 2.24) is 0 Å². The second kappa shape index (κ2) is 4.64. The first-order chi connectivity index (χ1) is 12.1. The van der Waals surface area contributed by atoms with Crippen molar-refractivity contribution < 1.29 is 29.3 Å². The Bertz CT molecular complexity index is 702. The summed E-state index contributed by atoms with van der Waals surface area (Å²) >= 11 is 0. The number of ether oxygens (including phenoxy) is 2. The average Bonchev–Trinajstić information content (AvgIpc) is 3.02. The fourth-order valence-electron chi connectivity index (χ4n) is 8.19. The van der Waals surface area contributed by atoms with Crippen LogP contribution in [0.3, 0.4) is 0 Å². The molecule has 6 nitrogen and oxygen atoms in total. The lowest BCUT2D eigenvalue weighted by atomic mass is 9.59. The highest BCUT2D eigenvalue weighted by Gasteiger charge is 2.84. The van der Waals surface area contributed by atoms with Crippen molar-refractivity contribution >= 4 is 11.9 Å². The number of esters is 2. The summed E-state index contributed by atoms with van der Waals surface area (Å²) in [5.74, 6) is -1.37. The van der Waals surface area contributed by atoms with Gasteiger partial charge in [-0.1, -0.05) is 0 Å². The van der Waals surface area contributed by atoms with Crippen molar-refractivity contribution in [1.29, 1.82) is 0 Å². The van der Waals surface area contributed by atoms with E-state index in [0.717, 1.165) is 19.3 Å². The van der Waals surface area contributed by atoms with Crippen LogP contribution in [0.25, 0.3) is 0 Å². The van der Waals surface area contributed by atoms with E-state index < -0.39 is 34.1 Å². The van der Waals surface area contributed by atoms with Crippen LogP contribution in [0.15, 0.2) is 0 Å². The van der Waals surface area contributed by atoms with E-state index in [1.807, 2.05) is 6.92 Å². The standard InChI is InChI=1S/C20H28O6/c1-17(24)9-19-8-10(17)4-5-11(19)20-7-6-12(21)18(2,16(23)26-20)14(20)13(19)15(22)25-3/h10-14,21,24H,4-9H2,1-3H3. The highest BCUT2D eigenvalue weighted by Crippen LogP contribution is 2.78. The summed E-state index contributed by atoms with van der Waals surface area (Å²) in [6.07, 6.45) is 3.34. The molecule has 5 aliphatic rings. The summed E-state index contributed by atoms with van der Waals surface area (Å²) in [6.45, 7) is 3.64. The zero-order valence-electron chi connectivity index (χ0n) is 15.7. The Kier molecular flexibility index (Phi) is 3.03. The molecule has 0 radical (unpaired) electrons. The lowest BCUT2D eigenvalue weighted by Crippen LogP contribution is -2.53. The number of aliphatic hydroxyl groups excluding tert-OH is 1. The van der Waals surface area contributed by atoms with Crippen molar-refractivity contribution in [3.05, 3.63) is 0 Å². The van der Waals surface area contributed by atoms with E-state index in [-0.39, 0.29) is 29.7 Å². The molecule has 5 rings (SSSR count). The van der Waals surface area contributed by atoms with E-state index in [0.29, 0.717) is 19.3 Å². The van der Waals surface area contributed by atoms with Crippen LogP contribution in [0.1, 0.15) is 52.4 Å². The first kappa shape index (κ1) is 17.0. The molecule has 2 N–H and O–H groups in total. The third-order valence-corrected chi connectivity index (χ3v) is 9.08. The molecule has 6 heteroatoms. The van der Waals surface area contributed by atoms with Gasteiger partial charge in [-0.05, 0) is 63.7 Å². The van der Waals surface area contributed by atoms with Crippen molar-refractivity contribution in [3.8, 4) is 0 Å². The molecule has 1 spiro atoms. The van der Waals surface area contributed by atoms with Crippen molar-refractivity contribution in [3.63, 3.8) is 0 Å². The van der Waals surface area contributed by atoms with Gasteiger partial charge in [0.25, 0.3) is 0 Å². The van der Waals surface area contributed by atoms with Gasteiger partial charge < -0.3 is 19.7 Å². The maximum Gasteiger partial charge on any atom is 0.315 e. The van der Waals surface area contributed by atoms with Crippen molar-refractivity contribution in [2.24, 2.45) is 34.5 Å². The van der Waals surface area contributed by atoms with Gasteiger partial charge >= 0.3 is 11.9 Å². The molecule has 4 bridgehead atoms. The molecule has 0 aromatic heterocycles. The van der Waals surface area contributed by atoms with Crippen molar-refractivity contribution in [2.45, 2.75) is 69.7 Å². The molecule has 1 saturated heterocycles. The Hall–Kier alpha value is -1.14. The monoisotopic (exact) mass is 364 g/mol. The van der Waals surface area contributed by atoms with Gasteiger partial charge in [-0.15, -0.1) is 0 Å². The second-order valence-corrected chi connectivity index (χ2v) is 9.96. The van der Waals surface area contributed by atoms with E-state index in [1.165, 1.54) is 7.11 Å². The molecule has 0 amide bonds. The number of hydrogen-bond acceptors (Lipinski definition) is 6. The van der Waals surface area contributed by atoms with E-state index >= 15 is 0 Å². The molecule has 9 atom stereocenters. The fourth-order valence-corrected chi connectivity index (χ4v) is 8.19. The average molecular weight is 364 g/mol. The minimum absolute atomic E-state index is 0.0487. The van der Waals surface area contributed by atoms with Crippen LogP contribution in [0.4, 0.5) is 0 Å². The molecule has 144 valence electrons. The van der Waals surface area contributed by atoms with E-state index in [4.69, 9.17) is 9.47 Å². The lowest BCUT2D eigenvalue weighted by Gasteiger charge is -2.44. The van der Waals surface area contributed by atoms with Gasteiger partial charge in [0.15, 0.2) is 0 Å². The Labute approximate surface area is 153 Å². The van der Waals surface area contributed by atoms with Gasteiger partial charge in [0.05, 0.1) is 30.1 Å². The third-order valence-electron chi connectivity index (χ3n) is 9.08. The quantitative estimate of drug-likeness (QED) is 0.684. The third kappa shape index (κ3) is 1.55. The Balaban J connectivity index is 1.74. The van der Waals surface area contributed by atoms with Crippen LogP contribution >= 0.6 is 0 Å². The highest BCUT2D eigenvalue weighted by atomic mass is 16.6. The van der Waals surface area contributed by atoms with Crippen LogP contribution in [0.2, 0.25) is 0 Å². The summed E-state index contributed by atoms with van der Waals surface area (Å²) in [5, 5.41) is 21.8. The minimum atomic E-state index is -1.08. The van der Waals surface area contributed by atoms with Crippen LogP contribution in [0.5, 0.6) is 0 Å². The first-order valence-corrected chi connectivity index (χ1v) is 9.85. The van der Waals surface area contributed by atoms with E-state index in [1.54, 1.807) is 6.92 Å². The molecule has 0 aromatic carbocycles. The molecule has 1 aliphatic heterocycles. The number of aliphatic hydroxyl groups is 2. The summed E-state index contributed by atoms with van der Waals surface area (Å²) in [7, 11) is 1.39. The van der Waals surface area contributed by atoms with E-state index in [2.05, 4.69) is 0 Å². The van der Waals surface area contributed by atoms with Crippen molar-refractivity contribution in [2.75, 3.05) is 7.11 Å². The summed E-state index contributed by atoms with van der Waals surface area (Å²) in [4.78, 5) is 25.9. The number of carbonyl (C=O) groups excluding carboxylic acids is 2. The van der Waals surface area contributed by atoms with Gasteiger partial charge in [-0.3, -0.25) is 9.59 Å². The largest absolute Gasteiger partial charge is 0.469 e. The molecular formula is C20H28O6. The Morgan fingerprint density at radius 2 is 2.00 bits per heavy atom. The number of fused-ring (bicyclic) bond motifs is 1. The first-order valence-electron chi connectivity index (χ1n) is 9.85. The van der Waals surface area contributed by atoms with Crippen LogP contribution in [-0.2, 0) is 19.1 Å². The topological polar surface area (TPSA) is 93.1 Å². The van der Waals surface area contributed by atoms with Crippen LogP contribution in [-0.4, -0.2) is 46.6 Å². The number of hydrogen-bond donors (Lipinski definition) is 2. The molecule has 26 heavy (non-hydrogen) atoms. The predicted molar refractivity (Wildman–Crippen MR) is 89.7 cm³/mol. The van der Waals surface area contributed by atoms with Crippen LogP contribution in [0, 0.1) is 34.5 Å². The highest BCUT2D eigenvalue weighted by molar-refractivity contribution is 5.85. The maximum absolute atomic E-state index is 13.0. The molecular weight excluding hydrogens is 336 g/mol. The van der Waals surface area contributed by atoms with Gasteiger partial charge in [0, 0.05) is 11.8 Å². The molecule has 4 saturated carbocycles. The zero-order chi connectivity index (χ0) is 18.7. The Morgan fingerprint density at radius 3 is 2.69 bits per heavy atom. The smallest absolute Gasteiger partial charge is 0.315 e. The molecule has 5 fully saturated rings. The summed E-state index contributed by atoms with van der Waals surface area (Å²) < 4.78 is 11.3. The molecule has 4 aliphatic carbocycles. The molecule has 0 aromatic rings. The lowest BCUT2D eigenvalue weighted by molar-refractivity contribution is -0.163. The fraction of sp³-hybridized carbons (Fsp3) is 0.900. The van der Waals surface area contributed by atoms with Gasteiger partial charge in [-0.2, -0.15) is 0 Å². The second-order valence-electron chi connectivity index (χ2n) is 9.96. The predicted octanol–water partition coefficient (Wildman–Crippen LogP) is 1.42. The van der Waals surface area contributed by atoms with E-state index in [9.17, 15) is 19.8 Å². The number of rotatable bonds is 1. The van der Waals surface area contributed by atoms with Gasteiger partial charge in [0.2, 0.25) is 0 Å². The van der Waals surface area contributed by atoms with Gasteiger partial charge in [0.1, 0.15) is 5.60 Å². The normalized spacial score (nSPS) is 59.6. The van der Waals surface area contributed by atoms with Gasteiger partial charge in [-0.25, -0.2) is 0 Å². The maximum atomic E-state index is 13.0. The minimum Gasteiger partial charge on any atom is -0.469 e. The summed E-state index contributed by atoms with van der Waals surface area (Å²) in [5.41, 5.74) is -2.99.